The number of aryl methyl sites for hydroxylation is 1. The summed E-state index contributed by atoms with van der Waals surface area (Å²) in [5.41, 5.74) is 5.19. The molecule has 0 N–H and O–H groups in total. The molecule has 2 aromatic heterocycles. The summed E-state index contributed by atoms with van der Waals surface area (Å²) >= 11 is 0. The molecule has 0 bridgehead atoms. The van der Waals surface area contributed by atoms with Crippen molar-refractivity contribution >= 4 is 5.78 Å². The van der Waals surface area contributed by atoms with E-state index in [2.05, 4.69) is 29.9 Å². The summed E-state index contributed by atoms with van der Waals surface area (Å²) in [5.74, 6) is 1.98. The zero-order valence-electron chi connectivity index (χ0n) is 19.6. The van der Waals surface area contributed by atoms with Crippen LogP contribution in [0.2, 0.25) is 0 Å². The Kier molecular flexibility index (Phi) is 8.48. The Morgan fingerprint density at radius 2 is 1.97 bits per heavy atom. The topological polar surface area (TPSA) is 65.0 Å². The highest BCUT2D eigenvalue weighted by atomic mass is 16.5. The number of benzene rings is 1. The molecule has 2 heterocycles. The van der Waals surface area contributed by atoms with Crippen molar-refractivity contribution in [2.75, 3.05) is 7.11 Å². The number of aromatic nitrogens is 3. The van der Waals surface area contributed by atoms with Gasteiger partial charge in [-0.05, 0) is 55.4 Å². The summed E-state index contributed by atoms with van der Waals surface area (Å²) in [6.45, 7) is 6.29. The highest BCUT2D eigenvalue weighted by molar-refractivity contribution is 5.81. The Balaban J connectivity index is 1.88. The molecule has 1 atom stereocenters. The molecule has 5 nitrogen and oxygen atoms in total. The van der Waals surface area contributed by atoms with Crippen molar-refractivity contribution in [1.29, 1.82) is 0 Å². The molecule has 32 heavy (non-hydrogen) atoms. The lowest BCUT2D eigenvalue weighted by Gasteiger charge is -2.17. The second kappa shape index (κ2) is 11.5. The number of methoxy groups -OCH3 is 1. The zero-order valence-corrected chi connectivity index (χ0v) is 19.6. The number of pyridine rings is 1. The Hall–Kier alpha value is -3.08. The van der Waals surface area contributed by atoms with E-state index < -0.39 is 0 Å². The van der Waals surface area contributed by atoms with Crippen LogP contribution in [0.15, 0.2) is 48.9 Å². The highest BCUT2D eigenvalue weighted by Gasteiger charge is 2.16. The number of Topliss-reactive ketones (excluding diaryl/α,β-unsaturated/α-hetero) is 1. The summed E-state index contributed by atoms with van der Waals surface area (Å²) in [4.78, 5) is 25.9. The van der Waals surface area contributed by atoms with Gasteiger partial charge in [0.2, 0.25) is 0 Å². The minimum absolute atomic E-state index is 0.227. The molecule has 5 heteroatoms. The van der Waals surface area contributed by atoms with Gasteiger partial charge in [0.05, 0.1) is 7.11 Å². The molecule has 3 rings (SSSR count). The van der Waals surface area contributed by atoms with E-state index in [1.165, 1.54) is 5.56 Å². The van der Waals surface area contributed by atoms with Crippen molar-refractivity contribution in [3.63, 3.8) is 0 Å². The number of ketones is 1. The van der Waals surface area contributed by atoms with Gasteiger partial charge in [-0.15, -0.1) is 0 Å². The molecule has 0 saturated heterocycles. The van der Waals surface area contributed by atoms with Crippen LogP contribution in [0.4, 0.5) is 0 Å². The van der Waals surface area contributed by atoms with Crippen LogP contribution in [0, 0.1) is 6.92 Å². The number of carbonyl (C=O) groups is 1. The van der Waals surface area contributed by atoms with E-state index in [1.807, 2.05) is 49.8 Å². The predicted octanol–water partition coefficient (Wildman–Crippen LogP) is 5.89. The van der Waals surface area contributed by atoms with Crippen LogP contribution < -0.4 is 4.74 Å². The van der Waals surface area contributed by atoms with E-state index in [0.29, 0.717) is 30.3 Å². The minimum atomic E-state index is 0.227. The van der Waals surface area contributed by atoms with Crippen LogP contribution in [0.5, 0.6) is 5.75 Å². The Labute approximate surface area is 191 Å². The number of hydrogen-bond donors (Lipinski definition) is 0. The molecule has 0 aliphatic rings. The van der Waals surface area contributed by atoms with E-state index in [4.69, 9.17) is 9.72 Å². The number of carbonyl (C=O) groups excluding carboxylic acids is 1. The fourth-order valence-electron chi connectivity index (χ4n) is 4.02. The third-order valence-corrected chi connectivity index (χ3v) is 5.77. The first-order chi connectivity index (χ1) is 15.5. The second-order valence-corrected chi connectivity index (χ2v) is 8.29. The molecular formula is C27H33N3O2. The summed E-state index contributed by atoms with van der Waals surface area (Å²) < 4.78 is 5.58. The van der Waals surface area contributed by atoms with Crippen molar-refractivity contribution in [1.82, 2.24) is 15.0 Å². The largest absolute Gasteiger partial charge is 0.496 e. The Morgan fingerprint density at radius 1 is 1.12 bits per heavy atom. The molecule has 0 unspecified atom stereocenters. The lowest BCUT2D eigenvalue weighted by atomic mass is 9.90. The van der Waals surface area contributed by atoms with Crippen molar-refractivity contribution in [2.45, 2.75) is 65.2 Å². The minimum Gasteiger partial charge on any atom is -0.496 e. The number of nitrogens with zero attached hydrogens (tertiary/aromatic N) is 3. The first kappa shape index (κ1) is 23.6. The van der Waals surface area contributed by atoms with Crippen LogP contribution in [0.3, 0.4) is 0 Å². The molecule has 0 radical (unpaired) electrons. The molecule has 0 amide bonds. The maximum atomic E-state index is 12.1. The van der Waals surface area contributed by atoms with Gasteiger partial charge in [0.15, 0.2) is 5.82 Å². The van der Waals surface area contributed by atoms with Gasteiger partial charge in [0.1, 0.15) is 11.5 Å². The van der Waals surface area contributed by atoms with Crippen molar-refractivity contribution in [3.05, 3.63) is 71.3 Å². The van der Waals surface area contributed by atoms with E-state index in [0.717, 1.165) is 48.1 Å². The van der Waals surface area contributed by atoms with E-state index >= 15 is 0 Å². The third kappa shape index (κ3) is 6.00. The summed E-state index contributed by atoms with van der Waals surface area (Å²) in [5, 5.41) is 0. The Morgan fingerprint density at radius 3 is 2.66 bits per heavy atom. The van der Waals surface area contributed by atoms with Gasteiger partial charge in [-0.1, -0.05) is 38.5 Å². The molecule has 1 aromatic carbocycles. The van der Waals surface area contributed by atoms with Crippen molar-refractivity contribution in [2.24, 2.45) is 0 Å². The average molecular weight is 432 g/mol. The second-order valence-electron chi connectivity index (χ2n) is 8.29. The lowest BCUT2D eigenvalue weighted by molar-refractivity contribution is -0.118. The number of rotatable bonds is 11. The smallest absolute Gasteiger partial charge is 0.159 e. The average Bonchev–Trinajstić information content (AvgIpc) is 2.81. The molecule has 0 spiro atoms. The lowest BCUT2D eigenvalue weighted by Crippen LogP contribution is -2.08. The molecule has 0 aliphatic carbocycles. The zero-order chi connectivity index (χ0) is 22.9. The monoisotopic (exact) mass is 431 g/mol. The SMILES string of the molecule is CCCC(=O)Cc1ccc(-c2ncc(C)c(C[C@@H](CCC)c3cccnc3)n2)cc1OC. The first-order valence-electron chi connectivity index (χ1n) is 11.5. The van der Waals surface area contributed by atoms with Gasteiger partial charge in [-0.2, -0.15) is 0 Å². The molecule has 0 saturated carbocycles. The van der Waals surface area contributed by atoms with Crippen molar-refractivity contribution < 1.29 is 9.53 Å². The molecule has 168 valence electrons. The van der Waals surface area contributed by atoms with Crippen LogP contribution >= 0.6 is 0 Å². The summed E-state index contributed by atoms with van der Waals surface area (Å²) in [7, 11) is 1.64. The van der Waals surface area contributed by atoms with Gasteiger partial charge >= 0.3 is 0 Å². The predicted molar refractivity (Wildman–Crippen MR) is 128 cm³/mol. The summed E-state index contributed by atoms with van der Waals surface area (Å²) in [6, 6.07) is 10.0. The standard InChI is InChI=1S/C27H33N3O2/c1-5-8-20(23-10-7-13-28-18-23)15-25-19(3)17-29-27(30-25)22-12-11-21(26(16-22)32-4)14-24(31)9-6-2/h7,10-13,16-18,20H,5-6,8-9,14-15H2,1-4H3/t20-/m1/s1. The number of hydrogen-bond acceptors (Lipinski definition) is 5. The fourth-order valence-corrected chi connectivity index (χ4v) is 4.02. The van der Waals surface area contributed by atoms with E-state index in [1.54, 1.807) is 7.11 Å². The molecule has 0 aliphatic heterocycles. The van der Waals surface area contributed by atoms with Gasteiger partial charge in [0, 0.05) is 48.3 Å². The van der Waals surface area contributed by atoms with E-state index in [-0.39, 0.29) is 5.78 Å². The Bertz CT molecular complexity index is 1030. The van der Waals surface area contributed by atoms with Gasteiger partial charge in [0.25, 0.3) is 0 Å². The molecule has 0 fully saturated rings. The maximum absolute atomic E-state index is 12.1. The summed E-state index contributed by atoms with van der Waals surface area (Å²) in [6.07, 6.45) is 10.5. The number of ether oxygens (including phenoxy) is 1. The van der Waals surface area contributed by atoms with Crippen LogP contribution in [0.25, 0.3) is 11.4 Å². The van der Waals surface area contributed by atoms with Crippen LogP contribution in [-0.2, 0) is 17.6 Å². The van der Waals surface area contributed by atoms with Crippen LogP contribution in [-0.4, -0.2) is 27.8 Å². The normalized spacial score (nSPS) is 11.9. The van der Waals surface area contributed by atoms with Gasteiger partial charge in [-0.3, -0.25) is 9.78 Å². The van der Waals surface area contributed by atoms with Crippen molar-refractivity contribution in [3.8, 4) is 17.1 Å². The third-order valence-electron chi connectivity index (χ3n) is 5.77. The van der Waals surface area contributed by atoms with Gasteiger partial charge < -0.3 is 4.74 Å². The van der Waals surface area contributed by atoms with Crippen LogP contribution in [0.1, 0.15) is 67.8 Å². The molecular weight excluding hydrogens is 398 g/mol. The molecule has 3 aromatic rings. The first-order valence-corrected chi connectivity index (χ1v) is 11.5. The highest BCUT2D eigenvalue weighted by Crippen LogP contribution is 2.29. The quantitative estimate of drug-likeness (QED) is 0.378. The fraction of sp³-hybridized carbons (Fsp3) is 0.407. The van der Waals surface area contributed by atoms with E-state index in [9.17, 15) is 4.79 Å². The maximum Gasteiger partial charge on any atom is 0.159 e. The van der Waals surface area contributed by atoms with Gasteiger partial charge in [-0.25, -0.2) is 9.97 Å².